The first kappa shape index (κ1) is 17.5. The molecule has 0 unspecified atom stereocenters. The molecule has 0 spiro atoms. The highest BCUT2D eigenvalue weighted by molar-refractivity contribution is 5.97. The third kappa shape index (κ3) is 3.37. The van der Waals surface area contributed by atoms with Crippen LogP contribution in [0.3, 0.4) is 0 Å². The first-order valence-corrected chi connectivity index (χ1v) is 8.57. The smallest absolute Gasteiger partial charge is 0.257 e. The molecular weight excluding hydrogens is 359 g/mol. The van der Waals surface area contributed by atoms with E-state index in [9.17, 15) is 14.0 Å². The zero-order chi connectivity index (χ0) is 19.5. The topological polar surface area (TPSA) is 76.9 Å². The summed E-state index contributed by atoms with van der Waals surface area (Å²) in [5.74, 6) is -0.874. The van der Waals surface area contributed by atoms with Gasteiger partial charge in [0.2, 0.25) is 5.43 Å². The van der Waals surface area contributed by atoms with Crippen LogP contribution in [0.15, 0.2) is 78.1 Å². The number of carbonyl (C=O) groups is 1. The highest BCUT2D eigenvalue weighted by Crippen LogP contribution is 2.16. The molecule has 4 rings (SSSR count). The van der Waals surface area contributed by atoms with Crippen molar-refractivity contribution in [3.8, 4) is 5.69 Å². The van der Waals surface area contributed by atoms with Gasteiger partial charge >= 0.3 is 0 Å². The van der Waals surface area contributed by atoms with Crippen LogP contribution < -0.4 is 10.7 Å². The van der Waals surface area contributed by atoms with Crippen LogP contribution in [0.25, 0.3) is 16.7 Å². The maximum Gasteiger partial charge on any atom is 0.257 e. The number of nitrogens with one attached hydrogen (secondary N) is 1. The van der Waals surface area contributed by atoms with Gasteiger partial charge in [0.1, 0.15) is 17.0 Å². The minimum absolute atomic E-state index is 0.0149. The van der Waals surface area contributed by atoms with Gasteiger partial charge in [0, 0.05) is 37.0 Å². The molecule has 0 aliphatic carbocycles. The SMILES string of the molecule is O=C(NCc1ccncc1)c1cn(-c2ccc(F)cc2)c2ncccc2c1=O. The molecule has 1 aromatic carbocycles. The Morgan fingerprint density at radius 3 is 2.54 bits per heavy atom. The number of aromatic nitrogens is 3. The first-order valence-electron chi connectivity index (χ1n) is 8.57. The van der Waals surface area contributed by atoms with E-state index in [1.165, 1.54) is 18.3 Å². The number of halogens is 1. The highest BCUT2D eigenvalue weighted by atomic mass is 19.1. The van der Waals surface area contributed by atoms with Gasteiger partial charge in [0.05, 0.1) is 5.39 Å². The summed E-state index contributed by atoms with van der Waals surface area (Å²) in [6, 6.07) is 12.6. The molecule has 0 fully saturated rings. The fourth-order valence-electron chi connectivity index (χ4n) is 2.90. The second-order valence-electron chi connectivity index (χ2n) is 6.13. The van der Waals surface area contributed by atoms with Crippen LogP contribution >= 0.6 is 0 Å². The van der Waals surface area contributed by atoms with E-state index in [0.717, 1.165) is 5.56 Å². The van der Waals surface area contributed by atoms with Crippen molar-refractivity contribution in [2.45, 2.75) is 6.54 Å². The van der Waals surface area contributed by atoms with E-state index in [1.54, 1.807) is 59.6 Å². The molecule has 28 heavy (non-hydrogen) atoms. The lowest BCUT2D eigenvalue weighted by atomic mass is 10.1. The van der Waals surface area contributed by atoms with Crippen LogP contribution in [0.5, 0.6) is 0 Å². The van der Waals surface area contributed by atoms with Crippen molar-refractivity contribution in [1.82, 2.24) is 19.9 Å². The average Bonchev–Trinajstić information content (AvgIpc) is 2.74. The molecule has 0 saturated heterocycles. The summed E-state index contributed by atoms with van der Waals surface area (Å²) in [6.07, 6.45) is 6.26. The largest absolute Gasteiger partial charge is 0.348 e. The van der Waals surface area contributed by atoms with Crippen LogP contribution in [-0.2, 0) is 6.54 Å². The van der Waals surface area contributed by atoms with E-state index in [0.29, 0.717) is 16.7 Å². The van der Waals surface area contributed by atoms with Crippen molar-refractivity contribution < 1.29 is 9.18 Å². The Morgan fingerprint density at radius 1 is 1.04 bits per heavy atom. The zero-order valence-electron chi connectivity index (χ0n) is 14.7. The molecule has 7 heteroatoms. The molecule has 1 N–H and O–H groups in total. The van der Waals surface area contributed by atoms with Gasteiger partial charge < -0.3 is 9.88 Å². The van der Waals surface area contributed by atoms with E-state index in [1.807, 2.05) is 0 Å². The molecule has 6 nitrogen and oxygen atoms in total. The average molecular weight is 374 g/mol. The van der Waals surface area contributed by atoms with Crippen molar-refractivity contribution in [1.29, 1.82) is 0 Å². The maximum atomic E-state index is 13.3. The standard InChI is InChI=1S/C21H15FN4O2/c22-15-3-5-16(6-4-15)26-13-18(19(27)17-2-1-9-24-20(17)26)21(28)25-12-14-7-10-23-11-8-14/h1-11,13H,12H2,(H,25,28). The molecule has 0 bridgehead atoms. The van der Waals surface area contributed by atoms with Gasteiger partial charge in [-0.2, -0.15) is 0 Å². The second kappa shape index (κ2) is 7.40. The number of hydrogen-bond acceptors (Lipinski definition) is 4. The molecule has 138 valence electrons. The Kier molecular flexibility index (Phi) is 4.63. The van der Waals surface area contributed by atoms with Gasteiger partial charge in [-0.1, -0.05) is 0 Å². The van der Waals surface area contributed by atoms with Gasteiger partial charge in [-0.05, 0) is 54.1 Å². The van der Waals surface area contributed by atoms with E-state index < -0.39 is 11.3 Å². The van der Waals surface area contributed by atoms with Gasteiger partial charge in [-0.25, -0.2) is 9.37 Å². The van der Waals surface area contributed by atoms with E-state index in [2.05, 4.69) is 15.3 Å². The number of hydrogen-bond donors (Lipinski definition) is 1. The molecule has 3 aromatic heterocycles. The maximum absolute atomic E-state index is 13.3. The second-order valence-corrected chi connectivity index (χ2v) is 6.13. The minimum Gasteiger partial charge on any atom is -0.348 e. The summed E-state index contributed by atoms with van der Waals surface area (Å²) < 4.78 is 14.9. The van der Waals surface area contributed by atoms with E-state index in [-0.39, 0.29) is 17.9 Å². The molecule has 0 aliphatic heterocycles. The Bertz CT molecular complexity index is 1200. The fraction of sp³-hybridized carbons (Fsp3) is 0.0476. The summed E-state index contributed by atoms with van der Waals surface area (Å²) in [7, 11) is 0. The number of fused-ring (bicyclic) bond motifs is 1. The van der Waals surface area contributed by atoms with Crippen LogP contribution in [0.2, 0.25) is 0 Å². The van der Waals surface area contributed by atoms with Crippen LogP contribution in [0.4, 0.5) is 4.39 Å². The molecule has 0 aliphatic rings. The third-order valence-corrected chi connectivity index (χ3v) is 4.31. The summed E-state index contributed by atoms with van der Waals surface area (Å²) in [5.41, 5.74) is 1.43. The van der Waals surface area contributed by atoms with Crippen LogP contribution in [0.1, 0.15) is 15.9 Å². The van der Waals surface area contributed by atoms with Gasteiger partial charge in [0.15, 0.2) is 0 Å². The summed E-state index contributed by atoms with van der Waals surface area (Å²) in [5, 5.41) is 3.06. The quantitative estimate of drug-likeness (QED) is 0.596. The number of nitrogens with zero attached hydrogens (tertiary/aromatic N) is 3. The lowest BCUT2D eigenvalue weighted by molar-refractivity contribution is 0.0949. The molecule has 0 atom stereocenters. The summed E-state index contributed by atoms with van der Waals surface area (Å²) in [6.45, 7) is 0.266. The number of amides is 1. The minimum atomic E-state index is -0.497. The van der Waals surface area contributed by atoms with Crippen LogP contribution in [0, 0.1) is 5.82 Å². The predicted molar refractivity (Wildman–Crippen MR) is 103 cm³/mol. The molecule has 4 aromatic rings. The molecular formula is C21H15FN4O2. The molecule has 1 amide bonds. The Morgan fingerprint density at radius 2 is 1.79 bits per heavy atom. The van der Waals surface area contributed by atoms with Crippen molar-refractivity contribution in [3.63, 3.8) is 0 Å². The Balaban J connectivity index is 1.78. The van der Waals surface area contributed by atoms with Crippen molar-refractivity contribution in [2.24, 2.45) is 0 Å². The van der Waals surface area contributed by atoms with Crippen LogP contribution in [-0.4, -0.2) is 20.4 Å². The first-order chi connectivity index (χ1) is 13.6. The number of benzene rings is 1. The normalized spacial score (nSPS) is 10.8. The van der Waals surface area contributed by atoms with Gasteiger partial charge in [-0.15, -0.1) is 0 Å². The zero-order valence-corrected chi connectivity index (χ0v) is 14.7. The lowest BCUT2D eigenvalue weighted by Gasteiger charge is -2.13. The third-order valence-electron chi connectivity index (χ3n) is 4.31. The number of carbonyl (C=O) groups excluding carboxylic acids is 1. The van der Waals surface area contributed by atoms with Crippen molar-refractivity contribution in [2.75, 3.05) is 0 Å². The molecule has 0 saturated carbocycles. The van der Waals surface area contributed by atoms with Crippen molar-refractivity contribution in [3.05, 3.63) is 100 Å². The summed E-state index contributed by atoms with van der Waals surface area (Å²) in [4.78, 5) is 33.7. The molecule has 3 heterocycles. The fourth-order valence-corrected chi connectivity index (χ4v) is 2.90. The highest BCUT2D eigenvalue weighted by Gasteiger charge is 2.16. The van der Waals surface area contributed by atoms with Crippen molar-refractivity contribution >= 4 is 16.9 Å². The van der Waals surface area contributed by atoms with E-state index >= 15 is 0 Å². The monoisotopic (exact) mass is 374 g/mol. The summed E-state index contributed by atoms with van der Waals surface area (Å²) >= 11 is 0. The number of pyridine rings is 3. The number of rotatable bonds is 4. The molecule has 0 radical (unpaired) electrons. The predicted octanol–water partition coefficient (Wildman–Crippen LogP) is 2.85. The van der Waals surface area contributed by atoms with E-state index in [4.69, 9.17) is 0 Å². The Hall–Kier alpha value is -3.87. The van der Waals surface area contributed by atoms with Gasteiger partial charge in [-0.3, -0.25) is 14.6 Å². The van der Waals surface area contributed by atoms with Gasteiger partial charge in [0.25, 0.3) is 5.91 Å². The lowest BCUT2D eigenvalue weighted by Crippen LogP contribution is -2.29. The Labute approximate surface area is 159 Å².